The van der Waals surface area contributed by atoms with Gasteiger partial charge in [0, 0.05) is 26.8 Å². The number of aryl methyl sites for hydroxylation is 2. The highest BCUT2D eigenvalue weighted by Gasteiger charge is 2.23. The summed E-state index contributed by atoms with van der Waals surface area (Å²) in [6.45, 7) is 3.70. The smallest absolute Gasteiger partial charge is 0.328 e. The van der Waals surface area contributed by atoms with Gasteiger partial charge in [-0.3, -0.25) is 19.8 Å². The van der Waals surface area contributed by atoms with Crippen LogP contribution in [0.3, 0.4) is 0 Å². The van der Waals surface area contributed by atoms with Crippen molar-refractivity contribution in [1.82, 2.24) is 4.68 Å². The van der Waals surface area contributed by atoms with Crippen LogP contribution in [0.4, 0.5) is 11.4 Å². The molecule has 0 bridgehead atoms. The van der Waals surface area contributed by atoms with Crippen molar-refractivity contribution in [2.75, 3.05) is 23.2 Å². The number of fused-ring (bicyclic) bond motifs is 1. The van der Waals surface area contributed by atoms with Crippen LogP contribution < -0.4 is 20.8 Å². The van der Waals surface area contributed by atoms with Crippen LogP contribution in [0.1, 0.15) is 21.6 Å². The third-order valence-electron chi connectivity index (χ3n) is 5.42. The molecule has 0 saturated heterocycles. The summed E-state index contributed by atoms with van der Waals surface area (Å²) in [5.41, 5.74) is 5.59. The number of anilines is 2. The number of carbonyl (C=O) groups is 3. The summed E-state index contributed by atoms with van der Waals surface area (Å²) >= 11 is 12.1. The molecule has 4 aromatic rings. The molecule has 0 spiro atoms. The molecular formula is C26H22Cl2N4O4. The predicted molar refractivity (Wildman–Crippen MR) is 142 cm³/mol. The summed E-state index contributed by atoms with van der Waals surface area (Å²) in [5, 5.41) is 6.63. The average molecular weight is 525 g/mol. The monoisotopic (exact) mass is 524 g/mol. The lowest BCUT2D eigenvalue weighted by Gasteiger charge is -2.15. The number of hydrogen-bond donors (Lipinski definition) is 3. The number of halogens is 2. The third kappa shape index (κ3) is 5.30. The Morgan fingerprint density at radius 3 is 2.28 bits per heavy atom. The van der Waals surface area contributed by atoms with Crippen molar-refractivity contribution in [3.05, 3.63) is 87.5 Å². The molecule has 184 valence electrons. The summed E-state index contributed by atoms with van der Waals surface area (Å²) in [4.78, 5) is 38.9. The van der Waals surface area contributed by atoms with Crippen molar-refractivity contribution in [2.45, 2.75) is 13.8 Å². The Kier molecular flexibility index (Phi) is 7.19. The molecule has 0 fully saturated rings. The number of benzene rings is 3. The molecule has 0 aliphatic carbocycles. The Hall–Kier alpha value is -4.01. The van der Waals surface area contributed by atoms with E-state index in [0.29, 0.717) is 38.1 Å². The van der Waals surface area contributed by atoms with Gasteiger partial charge in [-0.1, -0.05) is 47.5 Å². The lowest BCUT2D eigenvalue weighted by molar-refractivity contribution is -0.133. The normalized spacial score (nSPS) is 10.7. The number of carbonyl (C=O) groups excluding carboxylic acids is 3. The summed E-state index contributed by atoms with van der Waals surface area (Å²) in [7, 11) is 1.47. The molecule has 4 rings (SSSR count). The first kappa shape index (κ1) is 25.1. The summed E-state index contributed by atoms with van der Waals surface area (Å²) < 4.78 is 6.66. The molecule has 0 radical (unpaired) electrons. The summed E-state index contributed by atoms with van der Waals surface area (Å²) in [6.07, 6.45) is 0. The number of nitrogens with zero attached hydrogens (tertiary/aromatic N) is 1. The molecular weight excluding hydrogens is 503 g/mol. The number of rotatable bonds is 5. The van der Waals surface area contributed by atoms with E-state index in [9.17, 15) is 14.4 Å². The minimum atomic E-state index is -0.973. The second kappa shape index (κ2) is 10.3. The Morgan fingerprint density at radius 1 is 0.861 bits per heavy atom. The topological polar surface area (TPSA) is 101 Å². The second-order valence-corrected chi connectivity index (χ2v) is 8.96. The van der Waals surface area contributed by atoms with Crippen LogP contribution in [-0.2, 0) is 9.59 Å². The van der Waals surface area contributed by atoms with Crippen molar-refractivity contribution >= 4 is 63.2 Å². The Bertz CT molecular complexity index is 1490. The van der Waals surface area contributed by atoms with Gasteiger partial charge in [-0.2, -0.15) is 0 Å². The van der Waals surface area contributed by atoms with Crippen LogP contribution in [0.25, 0.3) is 10.9 Å². The van der Waals surface area contributed by atoms with E-state index in [2.05, 4.69) is 16.1 Å². The first-order chi connectivity index (χ1) is 17.2. The molecule has 0 unspecified atom stereocenters. The molecule has 10 heteroatoms. The Balaban J connectivity index is 1.69. The molecule has 0 aliphatic heterocycles. The van der Waals surface area contributed by atoms with E-state index < -0.39 is 17.7 Å². The predicted octanol–water partition coefficient (Wildman–Crippen LogP) is 5.53. The highest BCUT2D eigenvalue weighted by molar-refractivity contribution is 6.42. The van der Waals surface area contributed by atoms with Crippen LogP contribution >= 0.6 is 23.2 Å². The number of aromatic nitrogens is 1. The standard InChI is InChI=1S/C26H22Cl2N4O4/c1-14-7-8-15(2)20(9-14)30-25(34)26(35)31-32-21(10-16-5-4-6-22(36-3)23(16)32)24(33)29-19-12-17(27)11-18(28)13-19/h4-13H,1-3H3,(H,29,33)(H,30,34)(H,31,35). The highest BCUT2D eigenvalue weighted by atomic mass is 35.5. The number of ether oxygens (including phenoxy) is 1. The number of hydrogen-bond acceptors (Lipinski definition) is 4. The van der Waals surface area contributed by atoms with Crippen molar-refractivity contribution in [2.24, 2.45) is 0 Å². The van der Waals surface area contributed by atoms with E-state index in [1.807, 2.05) is 26.0 Å². The van der Waals surface area contributed by atoms with E-state index in [4.69, 9.17) is 27.9 Å². The van der Waals surface area contributed by atoms with Crippen LogP contribution in [0.15, 0.2) is 60.7 Å². The van der Waals surface area contributed by atoms with Gasteiger partial charge in [0.2, 0.25) is 0 Å². The summed E-state index contributed by atoms with van der Waals surface area (Å²) in [6, 6.07) is 16.9. The van der Waals surface area contributed by atoms with Crippen molar-refractivity contribution in [3.8, 4) is 5.75 Å². The Morgan fingerprint density at radius 2 is 1.58 bits per heavy atom. The van der Waals surface area contributed by atoms with Crippen LogP contribution in [0.5, 0.6) is 5.75 Å². The maximum absolute atomic E-state index is 13.2. The summed E-state index contributed by atoms with van der Waals surface area (Å²) in [5.74, 6) is -2.04. The second-order valence-electron chi connectivity index (χ2n) is 8.09. The maximum Gasteiger partial charge on any atom is 0.328 e. The largest absolute Gasteiger partial charge is 0.494 e. The maximum atomic E-state index is 13.2. The quantitative estimate of drug-likeness (QED) is 0.298. The molecule has 0 saturated carbocycles. The van der Waals surface area contributed by atoms with Crippen molar-refractivity contribution < 1.29 is 19.1 Å². The molecule has 3 N–H and O–H groups in total. The third-order valence-corrected chi connectivity index (χ3v) is 5.86. The molecule has 8 nitrogen and oxygen atoms in total. The van der Waals surface area contributed by atoms with Gasteiger partial charge in [0.1, 0.15) is 17.0 Å². The molecule has 1 aromatic heterocycles. The van der Waals surface area contributed by atoms with E-state index in [0.717, 1.165) is 11.1 Å². The zero-order chi connectivity index (χ0) is 26.0. The fraction of sp³-hybridized carbons (Fsp3) is 0.115. The van der Waals surface area contributed by atoms with E-state index in [1.54, 1.807) is 30.3 Å². The van der Waals surface area contributed by atoms with Gasteiger partial charge in [0.25, 0.3) is 5.91 Å². The molecule has 1 heterocycles. The number of amides is 3. The molecule has 3 amide bonds. The van der Waals surface area contributed by atoms with E-state index in [1.165, 1.54) is 30.0 Å². The molecule has 3 aromatic carbocycles. The van der Waals surface area contributed by atoms with Crippen molar-refractivity contribution in [1.29, 1.82) is 0 Å². The highest BCUT2D eigenvalue weighted by Crippen LogP contribution is 2.29. The van der Waals surface area contributed by atoms with Crippen LogP contribution in [0, 0.1) is 13.8 Å². The fourth-order valence-electron chi connectivity index (χ4n) is 3.70. The van der Waals surface area contributed by atoms with Gasteiger partial charge in [0.15, 0.2) is 0 Å². The molecule has 0 atom stereocenters. The zero-order valence-corrected chi connectivity index (χ0v) is 21.1. The fourth-order valence-corrected chi connectivity index (χ4v) is 4.22. The van der Waals surface area contributed by atoms with Gasteiger partial charge in [-0.15, -0.1) is 0 Å². The lowest BCUT2D eigenvalue weighted by Crippen LogP contribution is -2.36. The lowest BCUT2D eigenvalue weighted by atomic mass is 10.1. The first-order valence-electron chi connectivity index (χ1n) is 10.8. The van der Waals surface area contributed by atoms with E-state index >= 15 is 0 Å². The minimum absolute atomic E-state index is 0.0542. The Labute approximate surface area is 217 Å². The molecule has 36 heavy (non-hydrogen) atoms. The van der Waals surface area contributed by atoms with Gasteiger partial charge in [0.05, 0.1) is 7.11 Å². The first-order valence-corrected chi connectivity index (χ1v) is 11.6. The van der Waals surface area contributed by atoms with E-state index in [-0.39, 0.29) is 5.69 Å². The number of para-hydroxylation sites is 1. The van der Waals surface area contributed by atoms with Gasteiger partial charge >= 0.3 is 11.8 Å². The van der Waals surface area contributed by atoms with Gasteiger partial charge in [-0.25, -0.2) is 4.68 Å². The minimum Gasteiger partial charge on any atom is -0.494 e. The van der Waals surface area contributed by atoms with Gasteiger partial charge < -0.3 is 15.4 Å². The molecule has 0 aliphatic rings. The van der Waals surface area contributed by atoms with Crippen molar-refractivity contribution in [3.63, 3.8) is 0 Å². The van der Waals surface area contributed by atoms with Crippen LogP contribution in [0.2, 0.25) is 10.0 Å². The zero-order valence-electron chi connectivity index (χ0n) is 19.6. The number of nitrogens with one attached hydrogen (secondary N) is 3. The van der Waals surface area contributed by atoms with Gasteiger partial charge in [-0.05, 0) is 61.4 Å². The SMILES string of the molecule is COc1cccc2cc(C(=O)Nc3cc(Cl)cc(Cl)c3)n(NC(=O)C(=O)Nc3cc(C)ccc3C)c12. The van der Waals surface area contributed by atoms with Crippen LogP contribution in [-0.4, -0.2) is 29.5 Å². The average Bonchev–Trinajstić information content (AvgIpc) is 3.19. The number of methoxy groups -OCH3 is 1.